The summed E-state index contributed by atoms with van der Waals surface area (Å²) in [4.78, 5) is 14.9. The highest BCUT2D eigenvalue weighted by Gasteiger charge is 2.34. The number of unbranched alkanes of at least 4 members (excludes halogenated alkanes) is 1. The molecule has 0 unspecified atom stereocenters. The largest absolute Gasteiger partial charge is 0.494 e. The molecule has 1 aliphatic heterocycles. The number of hydrogen-bond acceptors (Lipinski definition) is 3. The van der Waals surface area contributed by atoms with E-state index in [1.165, 1.54) is 24.3 Å². The minimum atomic E-state index is -0.388. The molecule has 0 bridgehead atoms. The molecule has 3 aromatic carbocycles. The summed E-state index contributed by atoms with van der Waals surface area (Å²) >= 11 is 0. The lowest BCUT2D eigenvalue weighted by Crippen LogP contribution is -2.30. The van der Waals surface area contributed by atoms with E-state index in [-0.39, 0.29) is 23.6 Å². The Bertz CT molecular complexity index is 1090. The van der Waals surface area contributed by atoms with Gasteiger partial charge in [-0.25, -0.2) is 8.78 Å². The Morgan fingerprint density at radius 3 is 2.16 bits per heavy atom. The van der Waals surface area contributed by atoms with E-state index in [1.807, 2.05) is 30.3 Å². The lowest BCUT2D eigenvalue weighted by molar-refractivity contribution is -0.114. The second-order valence-electron chi connectivity index (χ2n) is 7.58. The van der Waals surface area contributed by atoms with Crippen molar-refractivity contribution in [2.75, 3.05) is 16.8 Å². The Hall–Kier alpha value is -3.67. The summed E-state index contributed by atoms with van der Waals surface area (Å²) in [6, 6.07) is 18.8. The van der Waals surface area contributed by atoms with Crippen molar-refractivity contribution < 1.29 is 18.3 Å². The molecule has 32 heavy (non-hydrogen) atoms. The van der Waals surface area contributed by atoms with Gasteiger partial charge in [0.2, 0.25) is 0 Å². The first kappa shape index (κ1) is 21.6. The lowest BCUT2D eigenvalue weighted by Gasteiger charge is -2.25. The fraction of sp³-hybridized carbons (Fsp3) is 0.192. The van der Waals surface area contributed by atoms with Crippen LogP contribution in [0.5, 0.6) is 5.75 Å². The van der Waals surface area contributed by atoms with Gasteiger partial charge in [-0.2, -0.15) is 0 Å². The first-order valence-electron chi connectivity index (χ1n) is 10.6. The molecular formula is C26H24F2N2O2. The Labute approximate surface area is 186 Å². The highest BCUT2D eigenvalue weighted by Crippen LogP contribution is 2.36. The monoisotopic (exact) mass is 434 g/mol. The molecule has 0 fully saturated rings. The van der Waals surface area contributed by atoms with Gasteiger partial charge >= 0.3 is 0 Å². The molecule has 0 saturated carbocycles. The van der Waals surface area contributed by atoms with Crippen LogP contribution in [0.3, 0.4) is 0 Å². The maximum Gasteiger partial charge on any atom is 0.275 e. The summed E-state index contributed by atoms with van der Waals surface area (Å²) in [5, 5.41) is 3.08. The van der Waals surface area contributed by atoms with E-state index in [2.05, 4.69) is 12.2 Å². The number of ether oxygens (including phenoxy) is 1. The summed E-state index contributed by atoms with van der Waals surface area (Å²) < 4.78 is 32.5. The van der Waals surface area contributed by atoms with Gasteiger partial charge in [0.05, 0.1) is 12.6 Å². The van der Waals surface area contributed by atoms with E-state index in [4.69, 9.17) is 4.74 Å². The van der Waals surface area contributed by atoms with Crippen LogP contribution in [0.1, 0.15) is 31.4 Å². The molecule has 4 nitrogen and oxygen atoms in total. The van der Waals surface area contributed by atoms with Gasteiger partial charge in [-0.1, -0.05) is 25.5 Å². The van der Waals surface area contributed by atoms with Crippen molar-refractivity contribution in [2.24, 2.45) is 0 Å². The predicted octanol–water partition coefficient (Wildman–Crippen LogP) is 6.23. The quantitative estimate of drug-likeness (QED) is 0.428. The van der Waals surface area contributed by atoms with Crippen LogP contribution in [0.4, 0.5) is 20.2 Å². The van der Waals surface area contributed by atoms with Gasteiger partial charge in [-0.3, -0.25) is 9.69 Å². The van der Waals surface area contributed by atoms with Crippen LogP contribution in [-0.2, 0) is 4.79 Å². The highest BCUT2D eigenvalue weighted by molar-refractivity contribution is 6.11. The molecule has 0 aliphatic carbocycles. The number of rotatable bonds is 8. The van der Waals surface area contributed by atoms with Crippen molar-refractivity contribution in [3.05, 3.63) is 102 Å². The van der Waals surface area contributed by atoms with Crippen molar-refractivity contribution >= 4 is 17.3 Å². The third kappa shape index (κ3) is 4.80. The average molecular weight is 434 g/mol. The van der Waals surface area contributed by atoms with Crippen molar-refractivity contribution in [1.29, 1.82) is 0 Å². The number of nitrogens with one attached hydrogen (secondary N) is 1. The van der Waals surface area contributed by atoms with E-state index in [1.54, 1.807) is 29.2 Å². The van der Waals surface area contributed by atoms with E-state index < -0.39 is 0 Å². The zero-order valence-electron chi connectivity index (χ0n) is 17.7. The normalized spacial score (nSPS) is 15.6. The second kappa shape index (κ2) is 9.64. The fourth-order valence-corrected chi connectivity index (χ4v) is 3.56. The molecule has 4 rings (SSSR count). The van der Waals surface area contributed by atoms with Crippen LogP contribution in [0, 0.1) is 11.6 Å². The van der Waals surface area contributed by atoms with Gasteiger partial charge in [0, 0.05) is 11.4 Å². The first-order valence-corrected chi connectivity index (χ1v) is 10.6. The molecule has 1 atom stereocenters. The fourth-order valence-electron chi connectivity index (χ4n) is 3.56. The number of carbonyl (C=O) groups excluding carboxylic acids is 1. The third-order valence-electron chi connectivity index (χ3n) is 5.27. The van der Waals surface area contributed by atoms with Crippen molar-refractivity contribution in [3.63, 3.8) is 0 Å². The number of amides is 1. The Morgan fingerprint density at radius 1 is 0.906 bits per heavy atom. The Morgan fingerprint density at radius 2 is 1.53 bits per heavy atom. The van der Waals surface area contributed by atoms with Crippen molar-refractivity contribution in [3.8, 4) is 5.75 Å². The molecule has 6 heteroatoms. The van der Waals surface area contributed by atoms with Crippen LogP contribution in [-0.4, -0.2) is 12.5 Å². The molecule has 1 amide bonds. The average Bonchev–Trinajstić information content (AvgIpc) is 3.12. The van der Waals surface area contributed by atoms with Crippen molar-refractivity contribution in [1.82, 2.24) is 0 Å². The van der Waals surface area contributed by atoms with Gasteiger partial charge in [0.1, 0.15) is 23.1 Å². The maximum atomic E-state index is 13.5. The minimum Gasteiger partial charge on any atom is -0.494 e. The molecule has 1 N–H and O–H groups in total. The van der Waals surface area contributed by atoms with Crippen LogP contribution in [0.25, 0.3) is 0 Å². The van der Waals surface area contributed by atoms with Gasteiger partial charge < -0.3 is 10.1 Å². The molecule has 0 saturated heterocycles. The molecule has 1 aliphatic rings. The summed E-state index contributed by atoms with van der Waals surface area (Å²) in [7, 11) is 0. The number of carbonyl (C=O) groups is 1. The number of hydrogen-bond donors (Lipinski definition) is 1. The minimum absolute atomic E-state index is 0.255. The van der Waals surface area contributed by atoms with E-state index in [9.17, 15) is 13.6 Å². The van der Waals surface area contributed by atoms with Crippen molar-refractivity contribution in [2.45, 2.75) is 25.8 Å². The van der Waals surface area contributed by atoms with Crippen LogP contribution >= 0.6 is 0 Å². The molecule has 0 radical (unpaired) electrons. The topological polar surface area (TPSA) is 41.6 Å². The summed E-state index contributed by atoms with van der Waals surface area (Å²) in [6.07, 6.45) is 3.86. The Balaban J connectivity index is 1.63. The van der Waals surface area contributed by atoms with Crippen LogP contribution in [0.2, 0.25) is 0 Å². The van der Waals surface area contributed by atoms with E-state index >= 15 is 0 Å². The molecule has 164 valence electrons. The van der Waals surface area contributed by atoms with E-state index in [0.29, 0.717) is 23.7 Å². The van der Waals surface area contributed by atoms with Gasteiger partial charge in [0.25, 0.3) is 5.91 Å². The number of halogens is 2. The van der Waals surface area contributed by atoms with Crippen LogP contribution < -0.4 is 15.0 Å². The van der Waals surface area contributed by atoms with Crippen LogP contribution in [0.15, 0.2) is 84.6 Å². The molecule has 1 heterocycles. The summed E-state index contributed by atoms with van der Waals surface area (Å²) in [5.41, 5.74) is 2.44. The maximum absolute atomic E-state index is 13.5. The summed E-state index contributed by atoms with van der Waals surface area (Å²) in [5.74, 6) is -0.208. The van der Waals surface area contributed by atoms with Gasteiger partial charge in [-0.15, -0.1) is 0 Å². The smallest absolute Gasteiger partial charge is 0.275 e. The molecule has 0 aromatic heterocycles. The Kier molecular flexibility index (Phi) is 6.50. The van der Waals surface area contributed by atoms with Gasteiger partial charge in [-0.05, 0) is 78.7 Å². The first-order chi connectivity index (χ1) is 15.5. The van der Waals surface area contributed by atoms with Gasteiger partial charge in [0.15, 0.2) is 0 Å². The zero-order chi connectivity index (χ0) is 22.5. The molecular weight excluding hydrogens is 410 g/mol. The highest BCUT2D eigenvalue weighted by atomic mass is 19.1. The predicted molar refractivity (Wildman–Crippen MR) is 122 cm³/mol. The third-order valence-corrected chi connectivity index (χ3v) is 5.27. The number of benzene rings is 3. The zero-order valence-corrected chi connectivity index (χ0v) is 17.7. The van der Waals surface area contributed by atoms with E-state index in [0.717, 1.165) is 24.2 Å². The number of anilines is 2. The lowest BCUT2D eigenvalue weighted by atomic mass is 10.1. The SMILES string of the molecule is CCCCOc1ccc([C@H]2C=C(Nc3ccc(F)cc3)C(=O)N2c2ccc(F)cc2)cc1. The standard InChI is InChI=1S/C26H24F2N2O2/c1-2-3-16-32-23-14-4-18(5-15-23)25-17-24(29-21-10-6-19(27)7-11-21)26(31)30(25)22-12-8-20(28)9-13-22/h4-15,17,25,29H,2-3,16H2,1H3/t25-/m1/s1. The molecule has 3 aromatic rings. The number of nitrogens with zero attached hydrogens (tertiary/aromatic N) is 1. The second-order valence-corrected chi connectivity index (χ2v) is 7.58. The molecule has 0 spiro atoms. The summed E-state index contributed by atoms with van der Waals surface area (Å²) in [6.45, 7) is 2.77.